The van der Waals surface area contributed by atoms with Gasteiger partial charge in [-0.25, -0.2) is 0 Å². The molecule has 1 heterocycles. The van der Waals surface area contributed by atoms with E-state index in [4.69, 9.17) is 0 Å². The Kier molecular flexibility index (Phi) is 3.49. The fourth-order valence-electron chi connectivity index (χ4n) is 1.67. The highest BCUT2D eigenvalue weighted by Gasteiger charge is 2.21. The maximum Gasteiger partial charge on any atom is 0.0586 e. The first-order chi connectivity index (χ1) is 6.62. The lowest BCUT2D eigenvalue weighted by Crippen LogP contribution is -2.16. The van der Waals surface area contributed by atoms with E-state index in [0.29, 0.717) is 0 Å². The molecular weight excluding hydrogens is 297 g/mol. The van der Waals surface area contributed by atoms with Crippen LogP contribution in [-0.2, 0) is 8.84 Å². The van der Waals surface area contributed by atoms with Gasteiger partial charge in [0.15, 0.2) is 0 Å². The third kappa shape index (κ3) is 3.16. The third-order valence-electron chi connectivity index (χ3n) is 2.53. The SMILES string of the molecule is Cc1cc(C(C)(C)I)ncc1C(C)(C)C. The lowest BCUT2D eigenvalue weighted by Gasteiger charge is -2.23. The Morgan fingerprint density at radius 3 is 2.00 bits per heavy atom. The molecule has 0 saturated heterocycles. The summed E-state index contributed by atoms with van der Waals surface area (Å²) in [6.45, 7) is 13.2. The number of pyridine rings is 1. The summed E-state index contributed by atoms with van der Waals surface area (Å²) in [6, 6.07) is 2.22. The molecule has 1 rings (SSSR count). The zero-order chi connectivity index (χ0) is 11.9. The average Bonchev–Trinajstić information content (AvgIpc) is 1.99. The summed E-state index contributed by atoms with van der Waals surface area (Å²) in [4.78, 5) is 4.57. The van der Waals surface area contributed by atoms with Crippen LogP contribution in [0, 0.1) is 6.92 Å². The van der Waals surface area contributed by atoms with E-state index >= 15 is 0 Å². The van der Waals surface area contributed by atoms with E-state index in [1.54, 1.807) is 0 Å². The van der Waals surface area contributed by atoms with E-state index < -0.39 is 0 Å². The molecule has 0 aliphatic rings. The van der Waals surface area contributed by atoms with Crippen LogP contribution in [-0.4, -0.2) is 4.98 Å². The van der Waals surface area contributed by atoms with Gasteiger partial charge in [0.1, 0.15) is 0 Å². The predicted octanol–water partition coefficient (Wildman–Crippen LogP) is 4.36. The molecule has 1 nitrogen and oxygen atoms in total. The Labute approximate surface area is 107 Å². The minimum atomic E-state index is 0.110. The standard InChI is InChI=1S/C13H20IN/c1-9-7-11(13(5,6)14)15-8-10(9)12(2,3)4/h7-8H,1-6H3. The second-order valence-corrected chi connectivity index (χ2v) is 8.30. The summed E-state index contributed by atoms with van der Waals surface area (Å²) in [6.07, 6.45) is 2.03. The van der Waals surface area contributed by atoms with Gasteiger partial charge < -0.3 is 0 Å². The molecule has 1 aromatic rings. The van der Waals surface area contributed by atoms with Crippen LogP contribution in [0.3, 0.4) is 0 Å². The second kappa shape index (κ2) is 4.04. The van der Waals surface area contributed by atoms with Gasteiger partial charge in [-0.05, 0) is 43.4 Å². The minimum Gasteiger partial charge on any atom is -0.260 e. The number of nitrogens with zero attached hydrogens (tertiary/aromatic N) is 1. The molecule has 15 heavy (non-hydrogen) atoms. The molecule has 2 heteroatoms. The molecule has 84 valence electrons. The number of halogens is 1. The van der Waals surface area contributed by atoms with Crippen molar-refractivity contribution in [3.05, 3.63) is 29.1 Å². The number of hydrogen-bond acceptors (Lipinski definition) is 1. The Bertz CT molecular complexity index is 356. The van der Waals surface area contributed by atoms with Crippen LogP contribution in [0.5, 0.6) is 0 Å². The van der Waals surface area contributed by atoms with Crippen molar-refractivity contribution in [3.63, 3.8) is 0 Å². The van der Waals surface area contributed by atoms with E-state index in [1.807, 2.05) is 6.20 Å². The summed E-state index contributed by atoms with van der Waals surface area (Å²) >= 11 is 2.43. The fraction of sp³-hybridized carbons (Fsp3) is 0.615. The van der Waals surface area contributed by atoms with Crippen LogP contribution >= 0.6 is 22.6 Å². The zero-order valence-corrected chi connectivity index (χ0v) is 12.6. The highest BCUT2D eigenvalue weighted by atomic mass is 127. The smallest absolute Gasteiger partial charge is 0.0586 e. The first-order valence-corrected chi connectivity index (χ1v) is 6.37. The first-order valence-electron chi connectivity index (χ1n) is 5.29. The highest BCUT2D eigenvalue weighted by molar-refractivity contribution is 14.1. The van der Waals surface area contributed by atoms with Crippen molar-refractivity contribution in [2.45, 2.75) is 50.4 Å². The van der Waals surface area contributed by atoms with Crippen LogP contribution in [0.4, 0.5) is 0 Å². The Morgan fingerprint density at radius 1 is 1.13 bits per heavy atom. The third-order valence-corrected chi connectivity index (χ3v) is 3.08. The number of hydrogen-bond donors (Lipinski definition) is 0. The van der Waals surface area contributed by atoms with Gasteiger partial charge in [0.05, 0.1) is 9.12 Å². The molecule has 0 bridgehead atoms. The van der Waals surface area contributed by atoms with Crippen LogP contribution < -0.4 is 0 Å². The maximum absolute atomic E-state index is 4.57. The maximum atomic E-state index is 4.57. The summed E-state index contributed by atoms with van der Waals surface area (Å²) < 4.78 is 0.110. The minimum absolute atomic E-state index is 0.110. The Hall–Kier alpha value is -0.120. The molecule has 0 radical (unpaired) electrons. The van der Waals surface area contributed by atoms with Crippen LogP contribution in [0.25, 0.3) is 0 Å². The molecule has 0 atom stereocenters. The Morgan fingerprint density at radius 2 is 1.67 bits per heavy atom. The quantitative estimate of drug-likeness (QED) is 0.554. The normalized spacial score (nSPS) is 13.0. The number of aryl methyl sites for hydroxylation is 1. The summed E-state index contributed by atoms with van der Waals surface area (Å²) in [5.41, 5.74) is 4.03. The second-order valence-electron chi connectivity index (χ2n) is 5.61. The monoisotopic (exact) mass is 317 g/mol. The molecule has 0 aliphatic carbocycles. The van der Waals surface area contributed by atoms with E-state index in [1.165, 1.54) is 11.1 Å². The lowest BCUT2D eigenvalue weighted by molar-refractivity contribution is 0.581. The van der Waals surface area contributed by atoms with Gasteiger partial charge in [-0.15, -0.1) is 0 Å². The van der Waals surface area contributed by atoms with Crippen molar-refractivity contribution >= 4 is 22.6 Å². The van der Waals surface area contributed by atoms with Crippen molar-refractivity contribution in [3.8, 4) is 0 Å². The molecule has 0 aromatic carbocycles. The van der Waals surface area contributed by atoms with Gasteiger partial charge in [-0.1, -0.05) is 43.4 Å². The van der Waals surface area contributed by atoms with Gasteiger partial charge in [-0.3, -0.25) is 4.98 Å². The predicted molar refractivity (Wildman–Crippen MR) is 74.7 cm³/mol. The van der Waals surface area contributed by atoms with Gasteiger partial charge in [0.2, 0.25) is 0 Å². The largest absolute Gasteiger partial charge is 0.260 e. The van der Waals surface area contributed by atoms with E-state index in [-0.39, 0.29) is 8.84 Å². The van der Waals surface area contributed by atoms with Crippen LogP contribution in [0.2, 0.25) is 0 Å². The highest BCUT2D eigenvalue weighted by Crippen LogP contribution is 2.32. The molecule has 0 spiro atoms. The fourth-order valence-corrected chi connectivity index (χ4v) is 1.96. The topological polar surface area (TPSA) is 12.9 Å². The van der Waals surface area contributed by atoms with Crippen molar-refractivity contribution in [1.29, 1.82) is 0 Å². The average molecular weight is 317 g/mol. The first kappa shape index (κ1) is 12.9. The number of alkyl halides is 1. The van der Waals surface area contributed by atoms with Crippen molar-refractivity contribution in [2.24, 2.45) is 0 Å². The van der Waals surface area contributed by atoms with Gasteiger partial charge >= 0.3 is 0 Å². The van der Waals surface area contributed by atoms with Crippen molar-refractivity contribution in [2.75, 3.05) is 0 Å². The number of rotatable bonds is 1. The summed E-state index contributed by atoms with van der Waals surface area (Å²) in [7, 11) is 0. The van der Waals surface area contributed by atoms with Gasteiger partial charge in [0, 0.05) is 6.20 Å². The zero-order valence-electron chi connectivity index (χ0n) is 10.5. The molecule has 0 unspecified atom stereocenters. The van der Waals surface area contributed by atoms with Crippen molar-refractivity contribution < 1.29 is 0 Å². The molecular formula is C13H20IN. The van der Waals surface area contributed by atoms with E-state index in [0.717, 1.165) is 5.69 Å². The van der Waals surface area contributed by atoms with Crippen molar-refractivity contribution in [1.82, 2.24) is 4.98 Å². The van der Waals surface area contributed by atoms with Gasteiger partial charge in [0.25, 0.3) is 0 Å². The molecule has 0 fully saturated rings. The molecule has 0 amide bonds. The summed E-state index contributed by atoms with van der Waals surface area (Å²) in [5, 5.41) is 0. The molecule has 1 aromatic heterocycles. The Balaban J connectivity index is 3.21. The lowest BCUT2D eigenvalue weighted by atomic mass is 9.85. The van der Waals surface area contributed by atoms with Gasteiger partial charge in [-0.2, -0.15) is 0 Å². The molecule has 0 aliphatic heterocycles. The van der Waals surface area contributed by atoms with E-state index in [2.05, 4.69) is 75.2 Å². The van der Waals surface area contributed by atoms with Crippen LogP contribution in [0.15, 0.2) is 12.3 Å². The van der Waals surface area contributed by atoms with E-state index in [9.17, 15) is 0 Å². The molecule has 0 N–H and O–H groups in total. The number of aromatic nitrogens is 1. The van der Waals surface area contributed by atoms with Crippen LogP contribution in [0.1, 0.15) is 51.4 Å². The molecule has 0 saturated carbocycles. The summed E-state index contributed by atoms with van der Waals surface area (Å²) in [5.74, 6) is 0.